The van der Waals surface area contributed by atoms with Crippen LogP contribution in [0.4, 0.5) is 5.69 Å². The molecule has 0 spiro atoms. The smallest absolute Gasteiger partial charge is 0.243 e. The van der Waals surface area contributed by atoms with Crippen molar-refractivity contribution >= 4 is 21.6 Å². The average molecular weight is 384 g/mol. The zero-order valence-corrected chi connectivity index (χ0v) is 16.8. The second kappa shape index (κ2) is 8.94. The van der Waals surface area contributed by atoms with Gasteiger partial charge in [-0.25, -0.2) is 8.42 Å². The highest BCUT2D eigenvalue weighted by Gasteiger charge is 2.24. The first kappa shape index (κ1) is 20.8. The van der Waals surface area contributed by atoms with Crippen molar-refractivity contribution in [2.75, 3.05) is 38.0 Å². The van der Waals surface area contributed by atoms with Gasteiger partial charge in [-0.15, -0.1) is 0 Å². The van der Waals surface area contributed by atoms with Crippen LogP contribution in [0.15, 0.2) is 29.2 Å². The van der Waals surface area contributed by atoms with Crippen LogP contribution in [0.1, 0.15) is 27.7 Å². The predicted molar refractivity (Wildman–Crippen MR) is 102 cm³/mol. The number of hydrogen-bond donors (Lipinski definition) is 1. The lowest BCUT2D eigenvalue weighted by Crippen LogP contribution is -2.48. The normalized spacial score (nSPS) is 21.7. The Labute approximate surface area is 156 Å². The highest BCUT2D eigenvalue weighted by molar-refractivity contribution is 7.89. The number of benzene rings is 1. The zero-order chi connectivity index (χ0) is 19.3. The molecule has 1 aliphatic rings. The molecule has 0 radical (unpaired) electrons. The van der Waals surface area contributed by atoms with Gasteiger partial charge in [-0.3, -0.25) is 9.69 Å². The first-order valence-corrected chi connectivity index (χ1v) is 10.5. The van der Waals surface area contributed by atoms with Crippen LogP contribution in [0.5, 0.6) is 0 Å². The number of sulfonamides is 1. The van der Waals surface area contributed by atoms with Gasteiger partial charge in [0.15, 0.2) is 0 Å². The Kier molecular flexibility index (Phi) is 7.16. The molecule has 1 saturated heterocycles. The lowest BCUT2D eigenvalue weighted by molar-refractivity contribution is -0.121. The Balaban J connectivity index is 2.05. The molecule has 0 aliphatic carbocycles. The van der Waals surface area contributed by atoms with Gasteiger partial charge in [0.25, 0.3) is 0 Å². The summed E-state index contributed by atoms with van der Waals surface area (Å²) in [6, 6.07) is 6.40. The molecule has 1 aromatic carbocycles. The van der Waals surface area contributed by atoms with Crippen molar-refractivity contribution in [1.29, 1.82) is 0 Å². The highest BCUT2D eigenvalue weighted by Crippen LogP contribution is 2.19. The third kappa shape index (κ3) is 5.26. The van der Waals surface area contributed by atoms with Gasteiger partial charge < -0.3 is 10.1 Å². The molecule has 2 unspecified atom stereocenters. The Morgan fingerprint density at radius 2 is 1.85 bits per heavy atom. The van der Waals surface area contributed by atoms with Crippen LogP contribution in [0.3, 0.4) is 0 Å². The lowest BCUT2D eigenvalue weighted by Gasteiger charge is -2.34. The molecular formula is C18H29N3O4S. The molecule has 1 aliphatic heterocycles. The SMILES string of the molecule is CCN(CC)S(=O)(=O)c1cccc(NC(=O)CN2CC(C)OC(C)C2)c1. The highest BCUT2D eigenvalue weighted by atomic mass is 32.2. The maximum Gasteiger partial charge on any atom is 0.243 e. The number of carbonyl (C=O) groups excluding carboxylic acids is 1. The summed E-state index contributed by atoms with van der Waals surface area (Å²) in [7, 11) is -3.55. The van der Waals surface area contributed by atoms with Crippen LogP contribution in [0, 0.1) is 0 Å². The van der Waals surface area contributed by atoms with E-state index >= 15 is 0 Å². The summed E-state index contributed by atoms with van der Waals surface area (Å²) in [4.78, 5) is 14.6. The minimum Gasteiger partial charge on any atom is -0.373 e. The van der Waals surface area contributed by atoms with E-state index in [1.54, 1.807) is 32.0 Å². The molecule has 1 fully saturated rings. The zero-order valence-electron chi connectivity index (χ0n) is 15.9. The Bertz CT molecular complexity index is 709. The van der Waals surface area contributed by atoms with Gasteiger partial charge >= 0.3 is 0 Å². The molecule has 0 saturated carbocycles. The second-order valence-corrected chi connectivity index (χ2v) is 8.55. The summed E-state index contributed by atoms with van der Waals surface area (Å²) < 4.78 is 32.3. The van der Waals surface area contributed by atoms with Crippen molar-refractivity contribution in [3.8, 4) is 0 Å². The van der Waals surface area contributed by atoms with Gasteiger partial charge in [-0.1, -0.05) is 19.9 Å². The van der Waals surface area contributed by atoms with E-state index in [1.165, 1.54) is 10.4 Å². The number of nitrogens with one attached hydrogen (secondary N) is 1. The summed E-state index contributed by atoms with van der Waals surface area (Å²) in [5, 5.41) is 2.80. The van der Waals surface area contributed by atoms with E-state index in [2.05, 4.69) is 5.32 Å². The average Bonchev–Trinajstić information content (AvgIpc) is 2.54. The van der Waals surface area contributed by atoms with E-state index in [1.807, 2.05) is 18.7 Å². The van der Waals surface area contributed by atoms with E-state index in [4.69, 9.17) is 4.74 Å². The van der Waals surface area contributed by atoms with Gasteiger partial charge in [0.05, 0.1) is 23.6 Å². The molecule has 2 rings (SSSR count). The Morgan fingerprint density at radius 3 is 2.42 bits per heavy atom. The molecule has 26 heavy (non-hydrogen) atoms. The molecule has 0 aromatic heterocycles. The number of nitrogens with zero attached hydrogens (tertiary/aromatic N) is 2. The van der Waals surface area contributed by atoms with Gasteiger partial charge in [-0.2, -0.15) is 4.31 Å². The van der Waals surface area contributed by atoms with E-state index in [9.17, 15) is 13.2 Å². The van der Waals surface area contributed by atoms with E-state index in [-0.39, 0.29) is 29.6 Å². The lowest BCUT2D eigenvalue weighted by atomic mass is 10.2. The number of ether oxygens (including phenoxy) is 1. The fourth-order valence-electron chi connectivity index (χ4n) is 3.26. The number of amides is 1. The van der Waals surface area contributed by atoms with Crippen molar-refractivity contribution in [1.82, 2.24) is 9.21 Å². The third-order valence-electron chi connectivity index (χ3n) is 4.32. The quantitative estimate of drug-likeness (QED) is 0.776. The first-order chi connectivity index (χ1) is 12.3. The summed E-state index contributed by atoms with van der Waals surface area (Å²) >= 11 is 0. The first-order valence-electron chi connectivity index (χ1n) is 9.04. The minimum atomic E-state index is -3.55. The molecule has 2 atom stereocenters. The van der Waals surface area contributed by atoms with E-state index in [0.717, 1.165) is 0 Å². The Hall–Kier alpha value is -1.48. The summed E-state index contributed by atoms with van der Waals surface area (Å²) in [6.45, 7) is 10.1. The van der Waals surface area contributed by atoms with Gasteiger partial charge in [0.1, 0.15) is 0 Å². The maximum atomic E-state index is 12.6. The van der Waals surface area contributed by atoms with Crippen LogP contribution in [-0.2, 0) is 19.6 Å². The van der Waals surface area contributed by atoms with Crippen molar-refractivity contribution in [3.05, 3.63) is 24.3 Å². The molecule has 146 valence electrons. The maximum absolute atomic E-state index is 12.6. The topological polar surface area (TPSA) is 79.0 Å². The van der Waals surface area contributed by atoms with Gasteiger partial charge in [0, 0.05) is 31.9 Å². The standard InChI is InChI=1S/C18H29N3O4S/c1-5-21(6-2)26(23,24)17-9-7-8-16(10-17)19-18(22)13-20-11-14(3)25-15(4)12-20/h7-10,14-15H,5-6,11-13H2,1-4H3,(H,19,22). The van der Waals surface area contributed by atoms with Gasteiger partial charge in [-0.05, 0) is 32.0 Å². The van der Waals surface area contributed by atoms with Crippen molar-refractivity contribution < 1.29 is 17.9 Å². The van der Waals surface area contributed by atoms with Crippen molar-refractivity contribution in [3.63, 3.8) is 0 Å². The van der Waals surface area contributed by atoms with E-state index in [0.29, 0.717) is 31.9 Å². The monoisotopic (exact) mass is 383 g/mol. The van der Waals surface area contributed by atoms with Crippen molar-refractivity contribution in [2.24, 2.45) is 0 Å². The van der Waals surface area contributed by atoms with Crippen LogP contribution in [-0.4, -0.2) is 68.5 Å². The fourth-order valence-corrected chi connectivity index (χ4v) is 4.77. The molecule has 1 amide bonds. The molecule has 1 N–H and O–H groups in total. The summed E-state index contributed by atoms with van der Waals surface area (Å²) in [5.41, 5.74) is 0.484. The number of rotatable bonds is 7. The summed E-state index contributed by atoms with van der Waals surface area (Å²) in [6.07, 6.45) is 0.184. The fraction of sp³-hybridized carbons (Fsp3) is 0.611. The Morgan fingerprint density at radius 1 is 1.23 bits per heavy atom. The van der Waals surface area contributed by atoms with Crippen molar-refractivity contribution in [2.45, 2.75) is 44.8 Å². The number of anilines is 1. The number of hydrogen-bond acceptors (Lipinski definition) is 5. The molecule has 7 nitrogen and oxygen atoms in total. The van der Waals surface area contributed by atoms with Crippen LogP contribution in [0.25, 0.3) is 0 Å². The summed E-state index contributed by atoms with van der Waals surface area (Å²) in [5.74, 6) is -0.163. The van der Waals surface area contributed by atoms with Crippen LogP contribution >= 0.6 is 0 Å². The van der Waals surface area contributed by atoms with E-state index < -0.39 is 10.0 Å². The van der Waals surface area contributed by atoms with Gasteiger partial charge in [0.2, 0.25) is 15.9 Å². The van der Waals surface area contributed by atoms with Crippen LogP contribution < -0.4 is 5.32 Å². The minimum absolute atomic E-state index is 0.0918. The third-order valence-corrected chi connectivity index (χ3v) is 6.37. The molecular weight excluding hydrogens is 354 g/mol. The number of carbonyl (C=O) groups is 1. The largest absolute Gasteiger partial charge is 0.373 e. The van der Waals surface area contributed by atoms with Crippen LogP contribution in [0.2, 0.25) is 0 Å². The second-order valence-electron chi connectivity index (χ2n) is 6.62. The molecule has 0 bridgehead atoms. The number of morpholine rings is 1. The molecule has 8 heteroatoms. The predicted octanol–water partition coefficient (Wildman–Crippen LogP) is 1.76. The molecule has 1 heterocycles. The molecule has 1 aromatic rings.